The third-order valence-electron chi connectivity index (χ3n) is 3.94. The SMILES string of the molecule is C=C1CC(CCCO)OC1CC[C@@H](O)C[C@@H](C)C(=C)O. The monoisotopic (exact) mass is 284 g/mol. The van der Waals surface area contributed by atoms with Gasteiger partial charge in [0.25, 0.3) is 0 Å². The molecule has 1 saturated heterocycles. The quantitative estimate of drug-likeness (QED) is 0.450. The van der Waals surface area contributed by atoms with Gasteiger partial charge in [-0.1, -0.05) is 20.1 Å². The van der Waals surface area contributed by atoms with Crippen LogP contribution in [0.25, 0.3) is 0 Å². The minimum Gasteiger partial charge on any atom is -0.513 e. The molecule has 0 bridgehead atoms. The summed E-state index contributed by atoms with van der Waals surface area (Å²) in [5.74, 6) is 0.0321. The highest BCUT2D eigenvalue weighted by atomic mass is 16.5. The number of aliphatic hydroxyl groups is 3. The van der Waals surface area contributed by atoms with Crippen molar-refractivity contribution in [1.82, 2.24) is 0 Å². The van der Waals surface area contributed by atoms with Gasteiger partial charge in [-0.3, -0.25) is 0 Å². The summed E-state index contributed by atoms with van der Waals surface area (Å²) in [5.41, 5.74) is 1.08. The van der Waals surface area contributed by atoms with Crippen LogP contribution in [-0.2, 0) is 4.74 Å². The molecule has 0 spiro atoms. The normalized spacial score (nSPS) is 25.6. The molecule has 20 heavy (non-hydrogen) atoms. The lowest BCUT2D eigenvalue weighted by atomic mass is 9.96. The third kappa shape index (κ3) is 5.65. The van der Waals surface area contributed by atoms with E-state index in [4.69, 9.17) is 9.84 Å². The van der Waals surface area contributed by atoms with E-state index >= 15 is 0 Å². The smallest absolute Gasteiger partial charge is 0.0880 e. The molecule has 0 aromatic carbocycles. The Morgan fingerprint density at radius 1 is 1.45 bits per heavy atom. The van der Waals surface area contributed by atoms with Gasteiger partial charge in [0, 0.05) is 12.5 Å². The summed E-state index contributed by atoms with van der Waals surface area (Å²) in [6.45, 7) is 9.56. The van der Waals surface area contributed by atoms with Crippen LogP contribution in [0.3, 0.4) is 0 Å². The molecule has 3 N–H and O–H groups in total. The molecular formula is C16H28O4. The summed E-state index contributed by atoms with van der Waals surface area (Å²) in [4.78, 5) is 0. The molecule has 1 aliphatic heterocycles. The van der Waals surface area contributed by atoms with Crippen molar-refractivity contribution in [3.05, 3.63) is 24.5 Å². The highest BCUT2D eigenvalue weighted by Crippen LogP contribution is 2.30. The molecule has 0 saturated carbocycles. The molecule has 1 rings (SSSR count). The minimum atomic E-state index is -0.457. The number of ether oxygens (including phenoxy) is 1. The second kappa shape index (κ2) is 8.45. The maximum Gasteiger partial charge on any atom is 0.0880 e. The van der Waals surface area contributed by atoms with Crippen molar-refractivity contribution < 1.29 is 20.1 Å². The molecule has 2 unspecified atom stereocenters. The molecule has 1 aliphatic rings. The van der Waals surface area contributed by atoms with Gasteiger partial charge in [-0.25, -0.2) is 0 Å². The lowest BCUT2D eigenvalue weighted by molar-refractivity contribution is 0.0287. The van der Waals surface area contributed by atoms with Crippen molar-refractivity contribution in [2.75, 3.05) is 6.61 Å². The van der Waals surface area contributed by atoms with Gasteiger partial charge in [0.1, 0.15) is 0 Å². The summed E-state index contributed by atoms with van der Waals surface area (Å²) in [6.07, 6.45) is 4.08. The molecule has 0 aromatic rings. The van der Waals surface area contributed by atoms with Gasteiger partial charge in [-0.15, -0.1) is 0 Å². The Hall–Kier alpha value is -0.840. The van der Waals surface area contributed by atoms with Gasteiger partial charge >= 0.3 is 0 Å². The van der Waals surface area contributed by atoms with Gasteiger partial charge in [0.15, 0.2) is 0 Å². The number of hydrogen-bond acceptors (Lipinski definition) is 4. The third-order valence-corrected chi connectivity index (χ3v) is 3.94. The van der Waals surface area contributed by atoms with Crippen LogP contribution in [0.15, 0.2) is 24.5 Å². The van der Waals surface area contributed by atoms with E-state index in [1.165, 1.54) is 0 Å². The predicted octanol–water partition coefficient (Wildman–Crippen LogP) is 2.71. The van der Waals surface area contributed by atoms with Crippen LogP contribution < -0.4 is 0 Å². The first-order valence-corrected chi connectivity index (χ1v) is 7.43. The average Bonchev–Trinajstić information content (AvgIpc) is 2.74. The van der Waals surface area contributed by atoms with Crippen LogP contribution in [0.5, 0.6) is 0 Å². The molecule has 0 aromatic heterocycles. The van der Waals surface area contributed by atoms with E-state index in [2.05, 4.69) is 13.2 Å². The van der Waals surface area contributed by atoms with E-state index in [1.807, 2.05) is 6.92 Å². The molecule has 0 radical (unpaired) electrons. The van der Waals surface area contributed by atoms with E-state index in [9.17, 15) is 10.2 Å². The lowest BCUT2D eigenvalue weighted by Gasteiger charge is -2.18. The fourth-order valence-corrected chi connectivity index (χ4v) is 2.57. The maximum atomic E-state index is 9.95. The molecule has 4 heteroatoms. The first-order valence-electron chi connectivity index (χ1n) is 7.43. The van der Waals surface area contributed by atoms with E-state index in [-0.39, 0.29) is 30.5 Å². The number of hydrogen-bond donors (Lipinski definition) is 3. The second-order valence-electron chi connectivity index (χ2n) is 5.83. The standard InChI is InChI=1S/C16H28O4/c1-11(13(3)18)9-14(19)6-7-16-12(2)10-15(20-16)5-4-8-17/h11,14-19H,2-10H2,1H3/t11-,14-,15?,16?/m1/s1. The minimum absolute atomic E-state index is 0.0148. The fourth-order valence-electron chi connectivity index (χ4n) is 2.57. The first kappa shape index (κ1) is 17.2. The Morgan fingerprint density at radius 2 is 2.15 bits per heavy atom. The number of allylic oxidation sites excluding steroid dienone is 1. The molecule has 0 amide bonds. The van der Waals surface area contributed by atoms with Crippen molar-refractivity contribution >= 4 is 0 Å². The van der Waals surface area contributed by atoms with Crippen LogP contribution in [0, 0.1) is 5.92 Å². The number of rotatable bonds is 9. The summed E-state index contributed by atoms with van der Waals surface area (Å²) >= 11 is 0. The van der Waals surface area contributed by atoms with Crippen molar-refractivity contribution in [3.63, 3.8) is 0 Å². The molecule has 116 valence electrons. The van der Waals surface area contributed by atoms with E-state index in [0.29, 0.717) is 12.8 Å². The Morgan fingerprint density at radius 3 is 2.75 bits per heavy atom. The van der Waals surface area contributed by atoms with Crippen molar-refractivity contribution in [2.24, 2.45) is 5.92 Å². The predicted molar refractivity (Wildman–Crippen MR) is 79.5 cm³/mol. The largest absolute Gasteiger partial charge is 0.513 e. The topological polar surface area (TPSA) is 69.9 Å². The first-order chi connectivity index (χ1) is 9.43. The molecule has 1 fully saturated rings. The summed E-state index contributed by atoms with van der Waals surface area (Å²) in [7, 11) is 0. The van der Waals surface area contributed by atoms with Crippen LogP contribution in [-0.4, -0.2) is 40.2 Å². The maximum absolute atomic E-state index is 9.95. The van der Waals surface area contributed by atoms with Gasteiger partial charge in [-0.2, -0.15) is 0 Å². The number of aliphatic hydroxyl groups excluding tert-OH is 3. The van der Waals surface area contributed by atoms with Crippen LogP contribution in [0.1, 0.15) is 45.4 Å². The molecule has 4 atom stereocenters. The summed E-state index contributed by atoms with van der Waals surface area (Å²) < 4.78 is 5.89. The van der Waals surface area contributed by atoms with Crippen LogP contribution >= 0.6 is 0 Å². The van der Waals surface area contributed by atoms with E-state index in [0.717, 1.165) is 31.3 Å². The Bertz CT molecular complexity index is 326. The highest BCUT2D eigenvalue weighted by molar-refractivity contribution is 5.09. The summed E-state index contributed by atoms with van der Waals surface area (Å²) in [6, 6.07) is 0. The zero-order valence-corrected chi connectivity index (χ0v) is 12.4. The van der Waals surface area contributed by atoms with Gasteiger partial charge < -0.3 is 20.1 Å². The van der Waals surface area contributed by atoms with Gasteiger partial charge in [0.2, 0.25) is 0 Å². The Balaban J connectivity index is 2.27. The Labute approximate surface area is 121 Å². The van der Waals surface area contributed by atoms with E-state index in [1.54, 1.807) is 0 Å². The lowest BCUT2D eigenvalue weighted by Crippen LogP contribution is -2.18. The van der Waals surface area contributed by atoms with Crippen molar-refractivity contribution in [1.29, 1.82) is 0 Å². The summed E-state index contributed by atoms with van der Waals surface area (Å²) in [5, 5.41) is 28.0. The van der Waals surface area contributed by atoms with E-state index < -0.39 is 6.10 Å². The van der Waals surface area contributed by atoms with Crippen molar-refractivity contribution in [2.45, 2.75) is 63.8 Å². The molecular weight excluding hydrogens is 256 g/mol. The van der Waals surface area contributed by atoms with Gasteiger partial charge in [-0.05, 0) is 44.1 Å². The average molecular weight is 284 g/mol. The zero-order valence-electron chi connectivity index (χ0n) is 12.4. The van der Waals surface area contributed by atoms with Crippen LogP contribution in [0.2, 0.25) is 0 Å². The molecule has 4 nitrogen and oxygen atoms in total. The fraction of sp³-hybridized carbons (Fsp3) is 0.750. The zero-order chi connectivity index (χ0) is 15.1. The van der Waals surface area contributed by atoms with Crippen LogP contribution in [0.4, 0.5) is 0 Å². The second-order valence-corrected chi connectivity index (χ2v) is 5.83. The molecule has 0 aliphatic carbocycles. The molecule has 1 heterocycles. The van der Waals surface area contributed by atoms with Crippen molar-refractivity contribution in [3.8, 4) is 0 Å². The Kier molecular flexibility index (Phi) is 7.27. The highest BCUT2D eigenvalue weighted by Gasteiger charge is 2.28. The van der Waals surface area contributed by atoms with Gasteiger partial charge in [0.05, 0.1) is 24.1 Å².